The Kier molecular flexibility index (Phi) is 5.55. The van der Waals surface area contributed by atoms with E-state index in [1.165, 1.54) is 24.3 Å². The highest BCUT2D eigenvalue weighted by Gasteiger charge is 2.24. The third-order valence-corrected chi connectivity index (χ3v) is 7.96. The lowest BCUT2D eigenvalue weighted by atomic mass is 10.1. The van der Waals surface area contributed by atoms with Crippen molar-refractivity contribution in [2.24, 2.45) is 0 Å². The third kappa shape index (κ3) is 4.06. The molecule has 0 fully saturated rings. The molecule has 1 N–H and O–H groups in total. The highest BCUT2D eigenvalue weighted by Crippen LogP contribution is 2.37. The summed E-state index contributed by atoms with van der Waals surface area (Å²) in [6.45, 7) is 5.13. The standard InChI is InChI=1S/C22H18ClN3O3S2/c1-12-4-7-15(8-5-12)31(28,29)19-10-17(18-11-24-22(30-18)25-14(3)27)26-21-16(19)9-6-13(2)20(21)23/h4-11H,1-3H3,(H,24,25,27). The van der Waals surface area contributed by atoms with Crippen LogP contribution < -0.4 is 5.32 Å². The smallest absolute Gasteiger partial charge is 0.223 e. The zero-order chi connectivity index (χ0) is 22.3. The zero-order valence-corrected chi connectivity index (χ0v) is 19.3. The van der Waals surface area contributed by atoms with Crippen LogP contribution >= 0.6 is 22.9 Å². The van der Waals surface area contributed by atoms with Crippen LogP contribution in [0.2, 0.25) is 5.02 Å². The largest absolute Gasteiger partial charge is 0.302 e. The van der Waals surface area contributed by atoms with Crippen molar-refractivity contribution in [1.82, 2.24) is 9.97 Å². The van der Waals surface area contributed by atoms with E-state index in [9.17, 15) is 13.2 Å². The van der Waals surface area contributed by atoms with Crippen LogP contribution in [0.1, 0.15) is 18.1 Å². The SMILES string of the molecule is CC(=O)Nc1ncc(-c2cc(S(=O)(=O)c3ccc(C)cc3)c3ccc(C)c(Cl)c3n2)s1. The minimum Gasteiger partial charge on any atom is -0.302 e. The van der Waals surface area contributed by atoms with E-state index in [0.717, 1.165) is 11.1 Å². The van der Waals surface area contributed by atoms with E-state index in [1.807, 2.05) is 13.8 Å². The van der Waals surface area contributed by atoms with Gasteiger partial charge in [-0.2, -0.15) is 0 Å². The van der Waals surface area contributed by atoms with Crippen LogP contribution in [0, 0.1) is 13.8 Å². The van der Waals surface area contributed by atoms with Crippen LogP contribution in [0.15, 0.2) is 58.5 Å². The fourth-order valence-electron chi connectivity index (χ4n) is 3.12. The average molecular weight is 472 g/mol. The van der Waals surface area contributed by atoms with Crippen molar-refractivity contribution in [3.05, 3.63) is 64.8 Å². The van der Waals surface area contributed by atoms with Crippen LogP contribution in [0.3, 0.4) is 0 Å². The number of pyridine rings is 1. The van der Waals surface area contributed by atoms with E-state index in [2.05, 4.69) is 15.3 Å². The number of aromatic nitrogens is 2. The molecular formula is C22H18ClN3O3S2. The average Bonchev–Trinajstić information content (AvgIpc) is 3.18. The van der Waals surface area contributed by atoms with E-state index in [4.69, 9.17) is 11.6 Å². The Balaban J connectivity index is 1.98. The summed E-state index contributed by atoms with van der Waals surface area (Å²) in [5.74, 6) is -0.242. The van der Waals surface area contributed by atoms with Gasteiger partial charge < -0.3 is 5.32 Å². The zero-order valence-electron chi connectivity index (χ0n) is 16.9. The van der Waals surface area contributed by atoms with Crippen molar-refractivity contribution in [2.45, 2.75) is 30.6 Å². The maximum atomic E-state index is 13.5. The second-order valence-corrected chi connectivity index (χ2v) is 10.5. The summed E-state index contributed by atoms with van der Waals surface area (Å²) in [5, 5.41) is 3.88. The Hall–Kier alpha value is -2.81. The number of fused-ring (bicyclic) bond motifs is 1. The molecule has 4 rings (SSSR count). The number of hydrogen-bond donors (Lipinski definition) is 1. The maximum absolute atomic E-state index is 13.5. The number of carbonyl (C=O) groups excluding carboxylic acids is 1. The number of carbonyl (C=O) groups is 1. The van der Waals surface area contributed by atoms with Gasteiger partial charge >= 0.3 is 0 Å². The van der Waals surface area contributed by atoms with Gasteiger partial charge in [-0.05, 0) is 37.6 Å². The second-order valence-electron chi connectivity index (χ2n) is 7.13. The van der Waals surface area contributed by atoms with Crippen LogP contribution in [0.5, 0.6) is 0 Å². The normalized spacial score (nSPS) is 11.6. The fourth-order valence-corrected chi connectivity index (χ4v) is 5.62. The molecule has 0 atom stereocenters. The summed E-state index contributed by atoms with van der Waals surface area (Å²) >= 11 is 7.73. The van der Waals surface area contributed by atoms with Crippen molar-refractivity contribution >= 4 is 54.7 Å². The lowest BCUT2D eigenvalue weighted by Crippen LogP contribution is -2.05. The number of sulfone groups is 1. The van der Waals surface area contributed by atoms with Gasteiger partial charge in [0, 0.05) is 18.5 Å². The number of amides is 1. The van der Waals surface area contributed by atoms with E-state index in [-0.39, 0.29) is 15.7 Å². The molecule has 158 valence electrons. The van der Waals surface area contributed by atoms with E-state index in [0.29, 0.717) is 31.6 Å². The molecular weight excluding hydrogens is 454 g/mol. The summed E-state index contributed by atoms with van der Waals surface area (Å²) in [4.78, 5) is 21.1. The molecule has 0 unspecified atom stereocenters. The monoisotopic (exact) mass is 471 g/mol. The highest BCUT2D eigenvalue weighted by atomic mass is 35.5. The fraction of sp³-hybridized carbons (Fsp3) is 0.136. The van der Waals surface area contributed by atoms with Gasteiger partial charge in [-0.25, -0.2) is 18.4 Å². The van der Waals surface area contributed by atoms with Crippen molar-refractivity contribution < 1.29 is 13.2 Å². The summed E-state index contributed by atoms with van der Waals surface area (Å²) in [7, 11) is -3.84. The molecule has 0 saturated heterocycles. The first-order chi connectivity index (χ1) is 14.7. The van der Waals surface area contributed by atoms with Crippen molar-refractivity contribution in [2.75, 3.05) is 5.32 Å². The first kappa shape index (κ1) is 21.4. The molecule has 9 heteroatoms. The predicted octanol–water partition coefficient (Wildman–Crippen LogP) is 5.42. The maximum Gasteiger partial charge on any atom is 0.223 e. The summed E-state index contributed by atoms with van der Waals surface area (Å²) in [6.07, 6.45) is 1.55. The Morgan fingerprint density at radius 1 is 1.10 bits per heavy atom. The Morgan fingerprint density at radius 2 is 1.81 bits per heavy atom. The highest BCUT2D eigenvalue weighted by molar-refractivity contribution is 7.91. The van der Waals surface area contributed by atoms with Gasteiger partial charge in [-0.15, -0.1) is 0 Å². The predicted molar refractivity (Wildman–Crippen MR) is 124 cm³/mol. The molecule has 0 bridgehead atoms. The number of hydrogen-bond acceptors (Lipinski definition) is 6. The number of rotatable bonds is 4. The van der Waals surface area contributed by atoms with Gasteiger partial charge in [-0.1, -0.05) is 52.8 Å². The quantitative estimate of drug-likeness (QED) is 0.429. The molecule has 0 aliphatic heterocycles. The van der Waals surface area contributed by atoms with Crippen LogP contribution in [0.25, 0.3) is 21.5 Å². The molecule has 31 heavy (non-hydrogen) atoms. The molecule has 0 radical (unpaired) electrons. The van der Waals surface area contributed by atoms with Crippen molar-refractivity contribution in [1.29, 1.82) is 0 Å². The lowest BCUT2D eigenvalue weighted by molar-refractivity contribution is -0.114. The van der Waals surface area contributed by atoms with Gasteiger partial charge in [-0.3, -0.25) is 4.79 Å². The van der Waals surface area contributed by atoms with Crippen molar-refractivity contribution in [3.63, 3.8) is 0 Å². The van der Waals surface area contributed by atoms with E-state index < -0.39 is 9.84 Å². The molecule has 2 aromatic heterocycles. The van der Waals surface area contributed by atoms with Crippen LogP contribution in [-0.2, 0) is 14.6 Å². The molecule has 2 aromatic carbocycles. The number of anilines is 1. The van der Waals surface area contributed by atoms with Gasteiger partial charge in [0.15, 0.2) is 5.13 Å². The van der Waals surface area contributed by atoms with Crippen LogP contribution in [-0.4, -0.2) is 24.3 Å². The lowest BCUT2D eigenvalue weighted by Gasteiger charge is -2.12. The minimum atomic E-state index is -3.84. The number of halogens is 1. The summed E-state index contributed by atoms with van der Waals surface area (Å²) in [6, 6.07) is 11.7. The Bertz CT molecular complexity index is 1430. The van der Waals surface area contributed by atoms with Gasteiger partial charge in [0.2, 0.25) is 15.7 Å². The number of nitrogens with zero attached hydrogens (tertiary/aromatic N) is 2. The number of aryl methyl sites for hydroxylation is 2. The second kappa shape index (κ2) is 8.03. The van der Waals surface area contributed by atoms with E-state index >= 15 is 0 Å². The molecule has 0 aliphatic carbocycles. The number of thiazole rings is 1. The molecule has 0 spiro atoms. The van der Waals surface area contributed by atoms with Crippen LogP contribution in [0.4, 0.5) is 5.13 Å². The Labute approximate surface area is 188 Å². The first-order valence-corrected chi connectivity index (χ1v) is 12.0. The first-order valence-electron chi connectivity index (χ1n) is 9.32. The van der Waals surface area contributed by atoms with Gasteiger partial charge in [0.1, 0.15) is 0 Å². The van der Waals surface area contributed by atoms with Crippen molar-refractivity contribution in [3.8, 4) is 10.6 Å². The number of benzene rings is 2. The topological polar surface area (TPSA) is 89.0 Å². The molecule has 1 amide bonds. The summed E-state index contributed by atoms with van der Waals surface area (Å²) < 4.78 is 27.1. The minimum absolute atomic E-state index is 0.118. The Morgan fingerprint density at radius 3 is 2.48 bits per heavy atom. The summed E-state index contributed by atoms with van der Waals surface area (Å²) in [5.41, 5.74) is 2.58. The number of nitrogens with one attached hydrogen (secondary N) is 1. The molecule has 6 nitrogen and oxygen atoms in total. The molecule has 2 heterocycles. The van der Waals surface area contributed by atoms with Gasteiger partial charge in [0.25, 0.3) is 0 Å². The van der Waals surface area contributed by atoms with Gasteiger partial charge in [0.05, 0.1) is 30.9 Å². The molecule has 0 saturated carbocycles. The molecule has 4 aromatic rings. The third-order valence-electron chi connectivity index (χ3n) is 4.74. The van der Waals surface area contributed by atoms with E-state index in [1.54, 1.807) is 42.6 Å². The molecule has 0 aliphatic rings.